The van der Waals surface area contributed by atoms with Crippen LogP contribution in [0.5, 0.6) is 0 Å². The van der Waals surface area contributed by atoms with E-state index in [-0.39, 0.29) is 17.2 Å². The Morgan fingerprint density at radius 1 is 1.41 bits per heavy atom. The Morgan fingerprint density at radius 3 is 3.06 bits per heavy atom. The highest BCUT2D eigenvalue weighted by Gasteiger charge is 2.17. The second kappa shape index (κ2) is 3.41. The highest BCUT2D eigenvalue weighted by molar-refractivity contribution is 6.10. The number of aromatic nitrogens is 5. The molecule has 0 unspecified atom stereocenters. The van der Waals surface area contributed by atoms with Crippen LogP contribution in [0.3, 0.4) is 0 Å². The fourth-order valence-corrected chi connectivity index (χ4v) is 1.58. The Hall–Kier alpha value is -2.70. The van der Waals surface area contributed by atoms with E-state index in [1.54, 1.807) is 6.20 Å². The lowest BCUT2D eigenvalue weighted by Gasteiger charge is -1.95. The molecule has 0 fully saturated rings. The van der Waals surface area contributed by atoms with Gasteiger partial charge in [0.2, 0.25) is 5.78 Å². The van der Waals surface area contributed by atoms with Gasteiger partial charge >= 0.3 is 0 Å². The number of hydrogen-bond acceptors (Lipinski definition) is 4. The van der Waals surface area contributed by atoms with Crippen LogP contribution in [-0.2, 0) is 0 Å². The SMILES string of the molecule is O=C(c1ncc[nH]1)c1cnn2ccc(=O)[nH]c12. The molecule has 3 aromatic heterocycles. The number of nitrogens with zero attached hydrogens (tertiary/aromatic N) is 3. The van der Waals surface area contributed by atoms with Crippen LogP contribution in [0.4, 0.5) is 0 Å². The minimum Gasteiger partial charge on any atom is -0.342 e. The summed E-state index contributed by atoms with van der Waals surface area (Å²) in [5.74, 6) is -0.101. The number of carbonyl (C=O) groups is 1. The van der Waals surface area contributed by atoms with Gasteiger partial charge in [-0.3, -0.25) is 9.59 Å². The van der Waals surface area contributed by atoms with Crippen molar-refractivity contribution in [2.24, 2.45) is 0 Å². The Labute approximate surface area is 94.1 Å². The van der Waals surface area contributed by atoms with E-state index < -0.39 is 0 Å². The lowest BCUT2D eigenvalue weighted by atomic mass is 10.2. The van der Waals surface area contributed by atoms with E-state index >= 15 is 0 Å². The largest absolute Gasteiger partial charge is 0.342 e. The molecule has 17 heavy (non-hydrogen) atoms. The third-order valence-electron chi connectivity index (χ3n) is 2.36. The van der Waals surface area contributed by atoms with Crippen LogP contribution in [0.25, 0.3) is 5.65 Å². The number of ketones is 1. The Kier molecular flexibility index (Phi) is 1.91. The predicted molar refractivity (Wildman–Crippen MR) is 57.8 cm³/mol. The molecule has 3 rings (SSSR count). The highest BCUT2D eigenvalue weighted by Crippen LogP contribution is 2.09. The molecular formula is C10H7N5O2. The first-order valence-electron chi connectivity index (χ1n) is 4.86. The summed E-state index contributed by atoms with van der Waals surface area (Å²) in [7, 11) is 0. The molecule has 3 heterocycles. The van der Waals surface area contributed by atoms with E-state index in [9.17, 15) is 9.59 Å². The maximum atomic E-state index is 12.0. The summed E-state index contributed by atoms with van der Waals surface area (Å²) in [6.45, 7) is 0. The molecule has 0 saturated carbocycles. The van der Waals surface area contributed by atoms with Gasteiger partial charge in [-0.1, -0.05) is 0 Å². The minimum absolute atomic E-state index is 0.213. The molecule has 3 aromatic rings. The predicted octanol–water partition coefficient (Wildman–Crippen LogP) is -0.0233. The van der Waals surface area contributed by atoms with Gasteiger partial charge in [0.1, 0.15) is 5.65 Å². The molecule has 0 aliphatic rings. The van der Waals surface area contributed by atoms with Crippen molar-refractivity contribution in [1.29, 1.82) is 0 Å². The van der Waals surface area contributed by atoms with Gasteiger partial charge in [0.15, 0.2) is 5.82 Å². The van der Waals surface area contributed by atoms with Crippen LogP contribution in [0, 0.1) is 0 Å². The molecule has 0 aliphatic carbocycles. The number of imidazole rings is 1. The standard InChI is InChI=1S/C10H7N5O2/c16-7-1-4-15-10(14-7)6(5-13-15)8(17)9-11-2-3-12-9/h1-5H,(H,11,12)(H,14,16). The molecule has 0 atom stereocenters. The average molecular weight is 229 g/mol. The van der Waals surface area contributed by atoms with Crippen molar-refractivity contribution >= 4 is 11.4 Å². The number of fused-ring (bicyclic) bond motifs is 1. The summed E-state index contributed by atoms with van der Waals surface area (Å²) in [5, 5.41) is 3.97. The lowest BCUT2D eigenvalue weighted by molar-refractivity contribution is 0.103. The molecule has 0 spiro atoms. The number of H-pyrrole nitrogens is 2. The van der Waals surface area contributed by atoms with Crippen molar-refractivity contribution in [2.75, 3.05) is 0 Å². The molecule has 2 N–H and O–H groups in total. The van der Waals surface area contributed by atoms with E-state index in [2.05, 4.69) is 20.1 Å². The van der Waals surface area contributed by atoms with Gasteiger partial charge in [0, 0.05) is 24.7 Å². The van der Waals surface area contributed by atoms with Gasteiger partial charge in [-0.2, -0.15) is 5.10 Å². The van der Waals surface area contributed by atoms with Gasteiger partial charge in [-0.25, -0.2) is 9.50 Å². The third-order valence-corrected chi connectivity index (χ3v) is 2.36. The van der Waals surface area contributed by atoms with Crippen molar-refractivity contribution in [3.8, 4) is 0 Å². The molecule has 0 aromatic carbocycles. The molecule has 0 aliphatic heterocycles. The van der Waals surface area contributed by atoms with Crippen molar-refractivity contribution in [3.63, 3.8) is 0 Å². The van der Waals surface area contributed by atoms with E-state index in [0.29, 0.717) is 11.2 Å². The summed E-state index contributed by atoms with van der Waals surface area (Å²) in [6.07, 6.45) is 5.94. The zero-order chi connectivity index (χ0) is 11.8. The van der Waals surface area contributed by atoms with Crippen LogP contribution in [0.15, 0.2) is 35.6 Å². The monoisotopic (exact) mass is 229 g/mol. The summed E-state index contributed by atoms with van der Waals surface area (Å²) in [5.41, 5.74) is 0.378. The number of hydrogen-bond donors (Lipinski definition) is 2. The second-order valence-corrected chi connectivity index (χ2v) is 3.42. The fourth-order valence-electron chi connectivity index (χ4n) is 1.58. The Balaban J connectivity index is 2.21. The summed E-state index contributed by atoms with van der Waals surface area (Å²) in [4.78, 5) is 32.4. The molecule has 0 radical (unpaired) electrons. The van der Waals surface area contributed by atoms with E-state index in [4.69, 9.17) is 0 Å². The third kappa shape index (κ3) is 1.44. The van der Waals surface area contributed by atoms with Gasteiger partial charge < -0.3 is 9.97 Å². The van der Waals surface area contributed by atoms with Crippen LogP contribution in [0.1, 0.15) is 16.2 Å². The molecule has 0 amide bonds. The number of rotatable bonds is 2. The molecular weight excluding hydrogens is 222 g/mol. The first-order valence-corrected chi connectivity index (χ1v) is 4.86. The van der Waals surface area contributed by atoms with Crippen molar-refractivity contribution < 1.29 is 4.79 Å². The highest BCUT2D eigenvalue weighted by atomic mass is 16.1. The van der Waals surface area contributed by atoms with E-state index in [0.717, 1.165) is 0 Å². The molecule has 0 bridgehead atoms. The maximum Gasteiger partial charge on any atom is 0.251 e. The first kappa shape index (κ1) is 9.52. The van der Waals surface area contributed by atoms with E-state index in [1.165, 1.54) is 29.2 Å². The minimum atomic E-state index is -0.313. The Morgan fingerprint density at radius 2 is 2.29 bits per heavy atom. The average Bonchev–Trinajstić information content (AvgIpc) is 2.97. The number of carbonyl (C=O) groups excluding carboxylic acids is 1. The summed E-state index contributed by atoms with van der Waals surface area (Å²) >= 11 is 0. The lowest BCUT2D eigenvalue weighted by Crippen LogP contribution is -2.09. The zero-order valence-electron chi connectivity index (χ0n) is 8.54. The van der Waals surface area contributed by atoms with Gasteiger partial charge in [0.05, 0.1) is 11.8 Å². The van der Waals surface area contributed by atoms with Crippen molar-refractivity contribution in [2.45, 2.75) is 0 Å². The van der Waals surface area contributed by atoms with Gasteiger partial charge in [-0.15, -0.1) is 0 Å². The van der Waals surface area contributed by atoms with E-state index in [1.807, 2.05) is 0 Å². The van der Waals surface area contributed by atoms with Crippen LogP contribution in [-0.4, -0.2) is 30.3 Å². The molecule has 84 valence electrons. The van der Waals surface area contributed by atoms with Crippen LogP contribution in [0.2, 0.25) is 0 Å². The smallest absolute Gasteiger partial charge is 0.251 e. The number of aromatic amines is 2. The Bertz CT molecular complexity index is 737. The summed E-state index contributed by atoms with van der Waals surface area (Å²) < 4.78 is 1.43. The topological polar surface area (TPSA) is 95.9 Å². The second-order valence-electron chi connectivity index (χ2n) is 3.42. The fraction of sp³-hybridized carbons (Fsp3) is 0. The molecule has 7 nitrogen and oxygen atoms in total. The summed E-state index contributed by atoms with van der Waals surface area (Å²) in [6, 6.07) is 1.33. The van der Waals surface area contributed by atoms with Gasteiger partial charge in [0.25, 0.3) is 5.56 Å². The quantitative estimate of drug-likeness (QED) is 0.603. The van der Waals surface area contributed by atoms with Crippen LogP contribution < -0.4 is 5.56 Å². The van der Waals surface area contributed by atoms with Crippen LogP contribution >= 0.6 is 0 Å². The maximum absolute atomic E-state index is 12.0. The molecule has 7 heteroatoms. The number of nitrogens with one attached hydrogen (secondary N) is 2. The zero-order valence-corrected chi connectivity index (χ0v) is 8.54. The molecule has 0 saturated heterocycles. The normalized spacial score (nSPS) is 10.8. The first-order chi connectivity index (χ1) is 8.25. The van der Waals surface area contributed by atoms with Crippen molar-refractivity contribution in [1.82, 2.24) is 24.6 Å². The van der Waals surface area contributed by atoms with Crippen molar-refractivity contribution in [3.05, 3.63) is 52.6 Å². The van der Waals surface area contributed by atoms with Gasteiger partial charge in [-0.05, 0) is 0 Å².